The Hall–Kier alpha value is -3.58. The van der Waals surface area contributed by atoms with Crippen LogP contribution in [0.5, 0.6) is 5.75 Å². The molecule has 0 unspecified atom stereocenters. The molecule has 1 aliphatic heterocycles. The van der Waals surface area contributed by atoms with Crippen molar-refractivity contribution in [2.24, 2.45) is 0 Å². The predicted molar refractivity (Wildman–Crippen MR) is 118 cm³/mol. The molecule has 1 aromatic heterocycles. The molecule has 7 heteroatoms. The Morgan fingerprint density at radius 2 is 1.53 bits per heavy atom. The van der Waals surface area contributed by atoms with Crippen LogP contribution in [0.25, 0.3) is 0 Å². The highest BCUT2D eigenvalue weighted by molar-refractivity contribution is 5.96. The van der Waals surface area contributed by atoms with Gasteiger partial charge in [0.15, 0.2) is 11.4 Å². The van der Waals surface area contributed by atoms with Crippen LogP contribution in [0, 0.1) is 0 Å². The lowest BCUT2D eigenvalue weighted by atomic mass is 9.78. The summed E-state index contributed by atoms with van der Waals surface area (Å²) in [6.45, 7) is 0.266. The van der Waals surface area contributed by atoms with Crippen molar-refractivity contribution in [3.63, 3.8) is 0 Å². The molecule has 0 saturated heterocycles. The molecule has 0 saturated carbocycles. The summed E-state index contributed by atoms with van der Waals surface area (Å²) < 4.78 is 8.04. The van der Waals surface area contributed by atoms with Gasteiger partial charge in [0, 0.05) is 39.3 Å². The van der Waals surface area contributed by atoms with Crippen LogP contribution in [-0.2, 0) is 23.1 Å². The molecule has 0 radical (unpaired) electrons. The van der Waals surface area contributed by atoms with Gasteiger partial charge in [-0.05, 0) is 22.3 Å². The molecule has 3 aliphatic rings. The molecule has 2 aliphatic carbocycles. The van der Waals surface area contributed by atoms with Crippen molar-refractivity contribution in [3.8, 4) is 5.75 Å². The highest BCUT2D eigenvalue weighted by Crippen LogP contribution is 2.60. The number of benzene rings is 2. The number of carbonyl (C=O) groups is 1. The van der Waals surface area contributed by atoms with E-state index < -0.39 is 28.2 Å². The molecule has 7 nitrogen and oxygen atoms in total. The van der Waals surface area contributed by atoms with Gasteiger partial charge in [-0.15, -0.1) is 0 Å². The third-order valence-corrected chi connectivity index (χ3v) is 7.41. The van der Waals surface area contributed by atoms with Crippen molar-refractivity contribution in [2.75, 3.05) is 25.8 Å². The predicted octanol–water partition coefficient (Wildman–Crippen LogP) is 1.98. The number of fused-ring (bicyclic) bond motifs is 6. The lowest BCUT2D eigenvalue weighted by Crippen LogP contribution is -2.68. The number of rotatable bonds is 2. The van der Waals surface area contributed by atoms with Gasteiger partial charge in [0.05, 0.1) is 0 Å². The Balaban J connectivity index is 1.75. The summed E-state index contributed by atoms with van der Waals surface area (Å²) in [4.78, 5) is 26.8. The maximum atomic E-state index is 13.0. The second-order valence-corrected chi connectivity index (χ2v) is 8.84. The minimum Gasteiger partial charge on any atom is -0.502 e. The van der Waals surface area contributed by atoms with Crippen LogP contribution in [0.15, 0.2) is 65.6 Å². The number of hydrogen-bond acceptors (Lipinski definition) is 5. The first-order valence-corrected chi connectivity index (χ1v) is 10.6. The van der Waals surface area contributed by atoms with E-state index in [1.54, 1.807) is 25.0 Å². The second kappa shape index (κ2) is 6.23. The monoisotopic (exact) mass is 429 g/mol. The molecule has 1 N–H and O–H groups in total. The molecule has 2 heterocycles. The van der Waals surface area contributed by atoms with Gasteiger partial charge in [0.25, 0.3) is 5.91 Å². The summed E-state index contributed by atoms with van der Waals surface area (Å²) in [5, 5.41) is 12.7. The van der Waals surface area contributed by atoms with E-state index in [0.29, 0.717) is 12.8 Å². The van der Waals surface area contributed by atoms with Gasteiger partial charge < -0.3 is 14.7 Å². The average Bonchev–Trinajstić information content (AvgIpc) is 3.25. The topological polar surface area (TPSA) is 75.0 Å². The van der Waals surface area contributed by atoms with E-state index in [1.165, 1.54) is 22.1 Å². The summed E-state index contributed by atoms with van der Waals surface area (Å²) in [7, 11) is 3.43. The average molecular weight is 429 g/mol. The Labute approximate surface area is 185 Å². The zero-order chi connectivity index (χ0) is 22.3. The van der Waals surface area contributed by atoms with Crippen LogP contribution < -0.4 is 10.4 Å². The van der Waals surface area contributed by atoms with Gasteiger partial charge in [-0.25, -0.2) is 0 Å². The molecular weight excluding hydrogens is 406 g/mol. The maximum Gasteiger partial charge on any atom is 0.277 e. The SMILES string of the molecule is COC12Cc3ccccc3C1(N1CN(C)C(=O)c3c(O)c(=O)ccn31)c1ccccc1C2. The number of nitrogens with zero attached hydrogens (tertiary/aromatic N) is 3. The second-order valence-electron chi connectivity index (χ2n) is 8.84. The maximum absolute atomic E-state index is 13.0. The van der Waals surface area contributed by atoms with Crippen molar-refractivity contribution in [1.29, 1.82) is 0 Å². The lowest BCUT2D eigenvalue weighted by molar-refractivity contribution is -0.0524. The molecule has 2 aromatic carbocycles. The first-order chi connectivity index (χ1) is 15.4. The smallest absolute Gasteiger partial charge is 0.277 e. The van der Waals surface area contributed by atoms with Crippen LogP contribution in [0.3, 0.4) is 0 Å². The van der Waals surface area contributed by atoms with Crippen molar-refractivity contribution >= 4 is 5.91 Å². The number of carbonyl (C=O) groups excluding carboxylic acids is 1. The Morgan fingerprint density at radius 1 is 0.938 bits per heavy atom. The quantitative estimate of drug-likeness (QED) is 0.674. The summed E-state index contributed by atoms with van der Waals surface area (Å²) >= 11 is 0. The molecule has 0 fully saturated rings. The zero-order valence-corrected chi connectivity index (χ0v) is 17.9. The summed E-state index contributed by atoms with van der Waals surface area (Å²) in [5.74, 6) is -0.931. The van der Waals surface area contributed by atoms with Crippen LogP contribution in [0.2, 0.25) is 0 Å². The molecule has 3 aromatic rings. The number of pyridine rings is 1. The van der Waals surface area contributed by atoms with Crippen LogP contribution in [0.4, 0.5) is 0 Å². The fraction of sp³-hybridized carbons (Fsp3) is 0.280. The van der Waals surface area contributed by atoms with E-state index in [4.69, 9.17) is 4.74 Å². The zero-order valence-electron chi connectivity index (χ0n) is 17.9. The molecule has 6 rings (SSSR count). The minimum atomic E-state index is -0.750. The molecular formula is C25H23N3O4. The van der Waals surface area contributed by atoms with Gasteiger partial charge in [0.2, 0.25) is 5.43 Å². The van der Waals surface area contributed by atoms with E-state index in [2.05, 4.69) is 29.3 Å². The number of aromatic hydroxyl groups is 1. The van der Waals surface area contributed by atoms with Gasteiger partial charge in [0.1, 0.15) is 17.8 Å². The van der Waals surface area contributed by atoms with E-state index >= 15 is 0 Å². The lowest BCUT2D eigenvalue weighted by Gasteiger charge is -2.53. The molecule has 162 valence electrons. The van der Waals surface area contributed by atoms with Crippen molar-refractivity contribution in [2.45, 2.75) is 24.0 Å². The molecule has 0 spiro atoms. The van der Waals surface area contributed by atoms with Crippen molar-refractivity contribution in [3.05, 3.63) is 99.0 Å². The Kier molecular flexibility index (Phi) is 3.73. The first kappa shape index (κ1) is 19.1. The Morgan fingerprint density at radius 3 is 2.12 bits per heavy atom. The largest absolute Gasteiger partial charge is 0.502 e. The Bertz CT molecular complexity index is 1300. The van der Waals surface area contributed by atoms with Crippen LogP contribution in [-0.4, -0.2) is 47.0 Å². The number of aromatic nitrogens is 1. The summed E-state index contributed by atoms with van der Waals surface area (Å²) in [5.41, 5.74) is 2.63. The van der Waals surface area contributed by atoms with E-state index in [0.717, 1.165) is 11.1 Å². The van der Waals surface area contributed by atoms with E-state index in [9.17, 15) is 14.7 Å². The fourth-order valence-corrected chi connectivity index (χ4v) is 6.13. The van der Waals surface area contributed by atoms with Crippen molar-refractivity contribution in [1.82, 2.24) is 9.58 Å². The summed E-state index contributed by atoms with van der Waals surface area (Å²) in [6, 6.07) is 17.9. The van der Waals surface area contributed by atoms with Gasteiger partial charge in [-0.2, -0.15) is 0 Å². The minimum absolute atomic E-state index is 0.0283. The third kappa shape index (κ3) is 2.04. The molecule has 1 amide bonds. The van der Waals surface area contributed by atoms with Gasteiger partial charge >= 0.3 is 0 Å². The highest BCUT2D eigenvalue weighted by Gasteiger charge is 2.67. The molecule has 0 bridgehead atoms. The van der Waals surface area contributed by atoms with E-state index in [1.807, 2.05) is 24.3 Å². The van der Waals surface area contributed by atoms with Gasteiger partial charge in [-0.3, -0.25) is 19.3 Å². The van der Waals surface area contributed by atoms with Crippen LogP contribution in [0.1, 0.15) is 32.7 Å². The number of hydrogen-bond donors (Lipinski definition) is 1. The number of amides is 1. The van der Waals surface area contributed by atoms with Crippen LogP contribution >= 0.6 is 0 Å². The highest BCUT2D eigenvalue weighted by atomic mass is 16.5. The summed E-state index contributed by atoms with van der Waals surface area (Å²) in [6.07, 6.45) is 3.01. The third-order valence-electron chi connectivity index (χ3n) is 7.41. The van der Waals surface area contributed by atoms with E-state index in [-0.39, 0.29) is 12.4 Å². The number of ether oxygens (including phenoxy) is 1. The van der Waals surface area contributed by atoms with Gasteiger partial charge in [-0.1, -0.05) is 48.5 Å². The molecule has 0 atom stereocenters. The molecule has 32 heavy (non-hydrogen) atoms. The van der Waals surface area contributed by atoms with Crippen molar-refractivity contribution < 1.29 is 14.6 Å². The normalized spacial score (nSPS) is 25.4. The first-order valence-electron chi connectivity index (χ1n) is 10.6. The number of methoxy groups -OCH3 is 1. The fourth-order valence-electron chi connectivity index (χ4n) is 6.13. The standard InChI is InChI=1S/C25H23N3O4/c1-26-15-28(27-12-11-20(29)22(30)21(27)23(26)31)25-18-9-5-3-7-16(18)13-24(25,32-2)14-17-8-4-6-10-19(17)25/h3-12,30H,13-15H2,1-2H3.